The van der Waals surface area contributed by atoms with Gasteiger partial charge in [0.25, 0.3) is 5.91 Å². The van der Waals surface area contributed by atoms with Gasteiger partial charge in [0.15, 0.2) is 0 Å². The molecule has 1 aliphatic heterocycles. The molecule has 0 atom stereocenters. The van der Waals surface area contributed by atoms with Crippen LogP contribution in [0.3, 0.4) is 0 Å². The lowest BCUT2D eigenvalue weighted by Gasteiger charge is -2.19. The smallest absolute Gasteiger partial charge is 0.251 e. The van der Waals surface area contributed by atoms with Crippen LogP contribution in [0.25, 0.3) is 0 Å². The van der Waals surface area contributed by atoms with E-state index in [1.54, 1.807) is 0 Å². The number of carbonyl (C=O) groups is 1. The molecule has 4 nitrogen and oxygen atoms in total. The molecule has 132 valence electrons. The second-order valence-electron chi connectivity index (χ2n) is 6.71. The molecule has 0 unspecified atom stereocenters. The van der Waals surface area contributed by atoms with Crippen molar-refractivity contribution in [3.63, 3.8) is 0 Å². The van der Waals surface area contributed by atoms with Gasteiger partial charge in [0.1, 0.15) is 0 Å². The minimum atomic E-state index is -0.0265. The molecule has 2 aromatic rings. The molecule has 2 aromatic carbocycles. The summed E-state index contributed by atoms with van der Waals surface area (Å²) in [5.74, 6) is -0.0265. The predicted octanol–water partition coefficient (Wildman–Crippen LogP) is 3.46. The standard InChI is InChI=1S/C21H27N3O/c1-3-4-11-24(2)20-9-7-17(8-10-20)21(25)23-13-16-5-6-18-14-22-15-19(18)12-16/h5-10,12,22H,3-4,11,13-15H2,1-2H3,(H,23,25). The number of anilines is 1. The number of hydrogen-bond donors (Lipinski definition) is 2. The first kappa shape index (κ1) is 17.5. The molecule has 0 spiro atoms. The summed E-state index contributed by atoms with van der Waals surface area (Å²) in [6, 6.07) is 14.3. The van der Waals surface area contributed by atoms with Crippen LogP contribution < -0.4 is 15.5 Å². The molecule has 0 aromatic heterocycles. The van der Waals surface area contributed by atoms with E-state index in [1.165, 1.54) is 24.0 Å². The zero-order valence-corrected chi connectivity index (χ0v) is 15.1. The molecule has 0 bridgehead atoms. The number of unbranched alkanes of at least 4 members (excludes halogenated alkanes) is 1. The van der Waals surface area contributed by atoms with Crippen LogP contribution in [-0.4, -0.2) is 19.5 Å². The fourth-order valence-electron chi connectivity index (χ4n) is 3.13. The summed E-state index contributed by atoms with van der Waals surface area (Å²) in [6.45, 7) is 5.66. The largest absolute Gasteiger partial charge is 0.375 e. The second-order valence-corrected chi connectivity index (χ2v) is 6.71. The van der Waals surface area contributed by atoms with Crippen LogP contribution in [0.1, 0.15) is 46.8 Å². The number of amides is 1. The lowest BCUT2D eigenvalue weighted by molar-refractivity contribution is 0.0951. The molecule has 1 amide bonds. The van der Waals surface area contributed by atoms with Crippen LogP contribution in [0.2, 0.25) is 0 Å². The monoisotopic (exact) mass is 337 g/mol. The molecule has 25 heavy (non-hydrogen) atoms. The van der Waals surface area contributed by atoms with Crippen LogP contribution >= 0.6 is 0 Å². The third-order valence-electron chi connectivity index (χ3n) is 4.77. The molecule has 0 fully saturated rings. The Hall–Kier alpha value is -2.33. The minimum Gasteiger partial charge on any atom is -0.375 e. The van der Waals surface area contributed by atoms with Crippen LogP contribution in [-0.2, 0) is 19.6 Å². The fraction of sp³-hybridized carbons (Fsp3) is 0.381. The van der Waals surface area contributed by atoms with E-state index in [4.69, 9.17) is 0 Å². The van der Waals surface area contributed by atoms with Crippen LogP contribution in [0.15, 0.2) is 42.5 Å². The van der Waals surface area contributed by atoms with Gasteiger partial charge in [-0.2, -0.15) is 0 Å². The lowest BCUT2D eigenvalue weighted by atomic mass is 10.1. The van der Waals surface area contributed by atoms with Crippen molar-refractivity contribution in [3.8, 4) is 0 Å². The fourth-order valence-corrected chi connectivity index (χ4v) is 3.13. The summed E-state index contributed by atoms with van der Waals surface area (Å²) in [7, 11) is 2.09. The van der Waals surface area contributed by atoms with Crippen molar-refractivity contribution in [2.75, 3.05) is 18.5 Å². The highest BCUT2D eigenvalue weighted by atomic mass is 16.1. The molecular weight excluding hydrogens is 310 g/mol. The van der Waals surface area contributed by atoms with Crippen molar-refractivity contribution in [1.82, 2.24) is 10.6 Å². The number of rotatable bonds is 7. The highest BCUT2D eigenvalue weighted by molar-refractivity contribution is 5.94. The molecule has 0 aliphatic carbocycles. The highest BCUT2D eigenvalue weighted by Gasteiger charge is 2.11. The summed E-state index contributed by atoms with van der Waals surface area (Å²) in [4.78, 5) is 14.6. The quantitative estimate of drug-likeness (QED) is 0.813. The Morgan fingerprint density at radius 2 is 1.88 bits per heavy atom. The number of benzene rings is 2. The zero-order valence-electron chi connectivity index (χ0n) is 15.1. The molecule has 1 aliphatic rings. The van der Waals surface area contributed by atoms with Crippen molar-refractivity contribution in [1.29, 1.82) is 0 Å². The molecule has 3 rings (SSSR count). The van der Waals surface area contributed by atoms with Crippen molar-refractivity contribution >= 4 is 11.6 Å². The third kappa shape index (κ3) is 4.40. The van der Waals surface area contributed by atoms with Crippen LogP contribution in [0.4, 0.5) is 5.69 Å². The first-order valence-corrected chi connectivity index (χ1v) is 9.08. The van der Waals surface area contributed by atoms with Crippen molar-refractivity contribution < 1.29 is 4.79 Å². The first-order chi connectivity index (χ1) is 12.2. The Morgan fingerprint density at radius 3 is 2.64 bits per heavy atom. The number of nitrogens with zero attached hydrogens (tertiary/aromatic N) is 1. The molecular formula is C21H27N3O. The van der Waals surface area contributed by atoms with Gasteiger partial charge >= 0.3 is 0 Å². The minimum absolute atomic E-state index is 0.0265. The van der Waals surface area contributed by atoms with E-state index >= 15 is 0 Å². The van der Waals surface area contributed by atoms with E-state index in [0.717, 1.165) is 30.9 Å². The van der Waals surface area contributed by atoms with Gasteiger partial charge in [-0.3, -0.25) is 4.79 Å². The van der Waals surface area contributed by atoms with Crippen molar-refractivity contribution in [2.24, 2.45) is 0 Å². The maximum absolute atomic E-state index is 12.4. The predicted molar refractivity (Wildman–Crippen MR) is 103 cm³/mol. The third-order valence-corrected chi connectivity index (χ3v) is 4.77. The van der Waals surface area contributed by atoms with E-state index < -0.39 is 0 Å². The molecule has 0 saturated heterocycles. The van der Waals surface area contributed by atoms with E-state index in [2.05, 4.69) is 47.7 Å². The van der Waals surface area contributed by atoms with Crippen LogP contribution in [0, 0.1) is 0 Å². The maximum Gasteiger partial charge on any atom is 0.251 e. The van der Waals surface area contributed by atoms with Crippen molar-refractivity contribution in [3.05, 3.63) is 64.7 Å². The van der Waals surface area contributed by atoms with E-state index in [9.17, 15) is 4.79 Å². The van der Waals surface area contributed by atoms with Gasteiger partial charge < -0.3 is 15.5 Å². The molecule has 0 saturated carbocycles. The summed E-state index contributed by atoms with van der Waals surface area (Å²) in [6.07, 6.45) is 2.36. The first-order valence-electron chi connectivity index (χ1n) is 9.08. The SMILES string of the molecule is CCCCN(C)c1ccc(C(=O)NCc2ccc3c(c2)CNC3)cc1. The average Bonchev–Trinajstić information content (AvgIpc) is 3.12. The van der Waals surface area contributed by atoms with Gasteiger partial charge in [0.05, 0.1) is 0 Å². The number of carbonyl (C=O) groups excluding carboxylic acids is 1. The summed E-state index contributed by atoms with van der Waals surface area (Å²) in [5, 5.41) is 6.36. The van der Waals surface area contributed by atoms with E-state index in [0.29, 0.717) is 12.1 Å². The molecule has 4 heteroatoms. The van der Waals surface area contributed by atoms with Crippen LogP contribution in [0.5, 0.6) is 0 Å². The van der Waals surface area contributed by atoms with Crippen molar-refractivity contribution in [2.45, 2.75) is 39.4 Å². The maximum atomic E-state index is 12.4. The lowest BCUT2D eigenvalue weighted by Crippen LogP contribution is -2.23. The number of nitrogens with one attached hydrogen (secondary N) is 2. The Bertz CT molecular complexity index is 724. The van der Waals surface area contributed by atoms with E-state index in [1.807, 2.05) is 24.3 Å². The van der Waals surface area contributed by atoms with Gasteiger partial charge in [0, 0.05) is 44.5 Å². The molecule has 2 N–H and O–H groups in total. The van der Waals surface area contributed by atoms with Gasteiger partial charge in [-0.05, 0) is 47.4 Å². The summed E-state index contributed by atoms with van der Waals surface area (Å²) >= 11 is 0. The number of fused-ring (bicyclic) bond motifs is 1. The van der Waals surface area contributed by atoms with Gasteiger partial charge in [0.2, 0.25) is 0 Å². The van der Waals surface area contributed by atoms with Gasteiger partial charge in [-0.25, -0.2) is 0 Å². The van der Waals surface area contributed by atoms with E-state index in [-0.39, 0.29) is 5.91 Å². The zero-order chi connectivity index (χ0) is 17.6. The number of hydrogen-bond acceptors (Lipinski definition) is 3. The average molecular weight is 337 g/mol. The topological polar surface area (TPSA) is 44.4 Å². The summed E-state index contributed by atoms with van der Waals surface area (Å²) < 4.78 is 0. The molecule has 0 radical (unpaired) electrons. The Labute approximate surface area is 150 Å². The Kier molecular flexibility index (Phi) is 5.71. The van der Waals surface area contributed by atoms with Gasteiger partial charge in [-0.15, -0.1) is 0 Å². The summed E-state index contributed by atoms with van der Waals surface area (Å²) in [5.41, 5.74) is 5.70. The molecule has 1 heterocycles. The Morgan fingerprint density at radius 1 is 1.12 bits per heavy atom. The van der Waals surface area contributed by atoms with Gasteiger partial charge in [-0.1, -0.05) is 31.5 Å². The highest BCUT2D eigenvalue weighted by Crippen LogP contribution is 2.17. The Balaban J connectivity index is 1.56. The normalized spacial score (nSPS) is 12.7. The second kappa shape index (κ2) is 8.17.